The van der Waals surface area contributed by atoms with Gasteiger partial charge in [-0.3, -0.25) is 0 Å². The lowest BCUT2D eigenvalue weighted by atomic mass is 10.1. The lowest BCUT2D eigenvalue weighted by Gasteiger charge is -2.14. The zero-order valence-corrected chi connectivity index (χ0v) is 12.2. The normalized spacial score (nSPS) is 15.9. The molecule has 1 aromatic rings. The fraction of sp³-hybridized carbons (Fsp3) is 0.538. The molecule has 0 amide bonds. The molecule has 1 aliphatic rings. The van der Waals surface area contributed by atoms with Crippen molar-refractivity contribution in [3.63, 3.8) is 0 Å². The number of nitrogens with one attached hydrogen (secondary N) is 2. The Bertz CT molecular complexity index is 524. The van der Waals surface area contributed by atoms with E-state index < -0.39 is 10.2 Å². The molecule has 2 N–H and O–H groups in total. The van der Waals surface area contributed by atoms with Crippen molar-refractivity contribution in [3.05, 3.63) is 35.4 Å². The Morgan fingerprint density at radius 1 is 1.21 bits per heavy atom. The van der Waals surface area contributed by atoms with Crippen LogP contribution in [0.3, 0.4) is 0 Å². The molecule has 0 heterocycles. The molecule has 0 saturated heterocycles. The Kier molecular flexibility index (Phi) is 4.57. The van der Waals surface area contributed by atoms with Crippen LogP contribution in [0, 0.1) is 0 Å². The van der Waals surface area contributed by atoms with Crippen LogP contribution in [0.25, 0.3) is 0 Å². The van der Waals surface area contributed by atoms with E-state index in [1.165, 1.54) is 0 Å². The molecule has 1 saturated carbocycles. The summed E-state index contributed by atoms with van der Waals surface area (Å²) in [4.78, 5) is 2.07. The highest BCUT2D eigenvalue weighted by Gasteiger charge is 2.26. The van der Waals surface area contributed by atoms with Crippen molar-refractivity contribution in [1.29, 1.82) is 0 Å². The summed E-state index contributed by atoms with van der Waals surface area (Å²) in [6.07, 6.45) is 1.89. The molecule has 0 unspecified atom stereocenters. The summed E-state index contributed by atoms with van der Waals surface area (Å²) < 4.78 is 28.7. The summed E-state index contributed by atoms with van der Waals surface area (Å²) in [5.41, 5.74) is 2.15. The Morgan fingerprint density at radius 3 is 2.42 bits per heavy atom. The summed E-state index contributed by atoms with van der Waals surface area (Å²) in [6, 6.07) is 8.02. The molecule has 6 heteroatoms. The predicted octanol–water partition coefficient (Wildman–Crippen LogP) is 0.835. The second-order valence-electron chi connectivity index (χ2n) is 5.22. The van der Waals surface area contributed by atoms with Gasteiger partial charge in [0.2, 0.25) is 0 Å². The van der Waals surface area contributed by atoms with E-state index in [1.807, 2.05) is 38.4 Å². The maximum absolute atomic E-state index is 11.8. The summed E-state index contributed by atoms with van der Waals surface area (Å²) in [7, 11) is 0.616. The third-order valence-corrected chi connectivity index (χ3v) is 4.12. The van der Waals surface area contributed by atoms with Gasteiger partial charge < -0.3 is 4.90 Å². The molecule has 19 heavy (non-hydrogen) atoms. The Hall–Kier alpha value is -0.950. The highest BCUT2D eigenvalue weighted by molar-refractivity contribution is 7.87. The van der Waals surface area contributed by atoms with E-state index in [0.717, 1.165) is 30.5 Å². The average Bonchev–Trinajstić information content (AvgIpc) is 3.10. The maximum atomic E-state index is 11.8. The van der Waals surface area contributed by atoms with Gasteiger partial charge in [-0.25, -0.2) is 0 Å². The van der Waals surface area contributed by atoms with E-state index >= 15 is 0 Å². The smallest absolute Gasteiger partial charge is 0.277 e. The van der Waals surface area contributed by atoms with Crippen LogP contribution in [-0.4, -0.2) is 33.5 Å². The number of hydrogen-bond donors (Lipinski definition) is 2. The van der Waals surface area contributed by atoms with Gasteiger partial charge in [0.1, 0.15) is 0 Å². The van der Waals surface area contributed by atoms with Gasteiger partial charge in [-0.2, -0.15) is 17.9 Å². The molecular formula is C13H21N3O2S. The summed E-state index contributed by atoms with van der Waals surface area (Å²) in [6.45, 7) is 1.13. The first-order valence-electron chi connectivity index (χ1n) is 6.45. The number of benzene rings is 1. The first-order valence-corrected chi connectivity index (χ1v) is 7.93. The first-order chi connectivity index (χ1) is 8.96. The average molecular weight is 283 g/mol. The van der Waals surface area contributed by atoms with Gasteiger partial charge in [0.15, 0.2) is 0 Å². The molecular weight excluding hydrogens is 262 g/mol. The molecule has 5 nitrogen and oxygen atoms in total. The van der Waals surface area contributed by atoms with Gasteiger partial charge >= 0.3 is 0 Å². The first kappa shape index (κ1) is 14.5. The van der Waals surface area contributed by atoms with E-state index in [-0.39, 0.29) is 6.04 Å². The van der Waals surface area contributed by atoms with Crippen molar-refractivity contribution in [1.82, 2.24) is 14.3 Å². The van der Waals surface area contributed by atoms with Crippen molar-refractivity contribution in [2.45, 2.75) is 32.0 Å². The van der Waals surface area contributed by atoms with Crippen LogP contribution in [0.2, 0.25) is 0 Å². The maximum Gasteiger partial charge on any atom is 0.277 e. The van der Waals surface area contributed by atoms with Crippen molar-refractivity contribution in [2.24, 2.45) is 0 Å². The SMILES string of the molecule is CN(C)Cc1ccccc1CNS(=O)(=O)NC1CC1. The molecule has 0 aromatic heterocycles. The van der Waals surface area contributed by atoms with Crippen molar-refractivity contribution in [2.75, 3.05) is 14.1 Å². The van der Waals surface area contributed by atoms with E-state index in [1.54, 1.807) is 0 Å². The summed E-state index contributed by atoms with van der Waals surface area (Å²) in [5, 5.41) is 0. The molecule has 0 aliphatic heterocycles. The minimum atomic E-state index is -3.38. The standard InChI is InChI=1S/C13H21N3O2S/c1-16(2)10-12-6-4-3-5-11(12)9-14-19(17,18)15-13-7-8-13/h3-6,13-15H,7-10H2,1-2H3. The minimum Gasteiger partial charge on any atom is -0.305 e. The third-order valence-electron chi connectivity index (χ3n) is 2.96. The topological polar surface area (TPSA) is 61.4 Å². The molecule has 0 bridgehead atoms. The largest absolute Gasteiger partial charge is 0.305 e. The highest BCUT2D eigenvalue weighted by atomic mass is 32.2. The molecule has 1 aliphatic carbocycles. The van der Waals surface area contributed by atoms with Gasteiger partial charge in [-0.15, -0.1) is 0 Å². The second kappa shape index (κ2) is 6.00. The van der Waals surface area contributed by atoms with Gasteiger partial charge in [0.25, 0.3) is 10.2 Å². The van der Waals surface area contributed by atoms with Crippen LogP contribution in [0.1, 0.15) is 24.0 Å². The van der Waals surface area contributed by atoms with Crippen LogP contribution >= 0.6 is 0 Å². The van der Waals surface area contributed by atoms with Gasteiger partial charge in [-0.1, -0.05) is 24.3 Å². The lowest BCUT2D eigenvalue weighted by Crippen LogP contribution is -2.37. The number of rotatable bonds is 7. The Labute approximate surface area is 115 Å². The van der Waals surface area contributed by atoms with Crippen LogP contribution in [0.15, 0.2) is 24.3 Å². The van der Waals surface area contributed by atoms with Gasteiger partial charge in [-0.05, 0) is 38.1 Å². The van der Waals surface area contributed by atoms with Crippen LogP contribution in [-0.2, 0) is 23.3 Å². The molecule has 1 fully saturated rings. The zero-order valence-electron chi connectivity index (χ0n) is 11.4. The molecule has 106 valence electrons. The predicted molar refractivity (Wildman–Crippen MR) is 75.8 cm³/mol. The summed E-state index contributed by atoms with van der Waals surface area (Å²) in [5.74, 6) is 0. The van der Waals surface area contributed by atoms with Crippen molar-refractivity contribution < 1.29 is 8.42 Å². The fourth-order valence-corrected chi connectivity index (χ4v) is 2.96. The second-order valence-corrected chi connectivity index (χ2v) is 6.75. The molecule has 0 atom stereocenters. The highest BCUT2D eigenvalue weighted by Crippen LogP contribution is 2.19. The van der Waals surface area contributed by atoms with E-state index in [0.29, 0.717) is 6.54 Å². The number of nitrogens with zero attached hydrogens (tertiary/aromatic N) is 1. The Balaban J connectivity index is 1.98. The van der Waals surface area contributed by atoms with E-state index in [2.05, 4.69) is 14.3 Å². The van der Waals surface area contributed by atoms with Crippen LogP contribution in [0.4, 0.5) is 0 Å². The molecule has 0 spiro atoms. The monoisotopic (exact) mass is 283 g/mol. The number of hydrogen-bond acceptors (Lipinski definition) is 3. The quantitative estimate of drug-likeness (QED) is 0.779. The van der Waals surface area contributed by atoms with Crippen molar-refractivity contribution >= 4 is 10.2 Å². The van der Waals surface area contributed by atoms with E-state index in [9.17, 15) is 8.42 Å². The van der Waals surface area contributed by atoms with Crippen molar-refractivity contribution in [3.8, 4) is 0 Å². The Morgan fingerprint density at radius 2 is 1.84 bits per heavy atom. The van der Waals surface area contributed by atoms with Crippen LogP contribution < -0.4 is 9.44 Å². The molecule has 0 radical (unpaired) electrons. The zero-order chi connectivity index (χ0) is 13.9. The fourth-order valence-electron chi connectivity index (χ4n) is 1.86. The summed E-state index contributed by atoms with van der Waals surface area (Å²) >= 11 is 0. The molecule has 1 aromatic carbocycles. The third kappa shape index (κ3) is 4.91. The minimum absolute atomic E-state index is 0.134. The van der Waals surface area contributed by atoms with Gasteiger partial charge in [0.05, 0.1) is 0 Å². The van der Waals surface area contributed by atoms with Gasteiger partial charge in [0, 0.05) is 19.1 Å². The van der Waals surface area contributed by atoms with Crippen LogP contribution in [0.5, 0.6) is 0 Å². The lowest BCUT2D eigenvalue weighted by molar-refractivity contribution is 0.400. The van der Waals surface area contributed by atoms with E-state index in [4.69, 9.17) is 0 Å². The molecule has 2 rings (SSSR count).